The monoisotopic (exact) mass is 1200 g/mol. The van der Waals surface area contributed by atoms with Crippen molar-refractivity contribution in [2.24, 2.45) is 5.41 Å². The minimum atomic E-state index is -0.121. The van der Waals surface area contributed by atoms with Crippen molar-refractivity contribution in [1.82, 2.24) is 0 Å². The second-order valence-corrected chi connectivity index (χ2v) is 29.2. The molecule has 0 nitrogen and oxygen atoms in total. The Labute approximate surface area is 554 Å². The van der Waals surface area contributed by atoms with Crippen molar-refractivity contribution < 1.29 is 0 Å². The number of benzene rings is 10. The minimum absolute atomic E-state index is 0.0858. The lowest BCUT2D eigenvalue weighted by atomic mass is 9.71. The summed E-state index contributed by atoms with van der Waals surface area (Å²) in [5.41, 5.74) is 15.9. The molecule has 10 aromatic carbocycles. The summed E-state index contributed by atoms with van der Waals surface area (Å²) in [5.74, 6) is 0.624. The van der Waals surface area contributed by atoms with Gasteiger partial charge in [-0.25, -0.2) is 0 Å². The Morgan fingerprint density at radius 1 is 0.297 bits per heavy atom. The molecule has 0 aliphatic heterocycles. The van der Waals surface area contributed by atoms with Crippen molar-refractivity contribution in [3.8, 4) is 0 Å². The van der Waals surface area contributed by atoms with Gasteiger partial charge in [0.05, 0.1) is 0 Å². The Morgan fingerprint density at radius 2 is 0.549 bits per heavy atom. The van der Waals surface area contributed by atoms with E-state index in [1.54, 1.807) is 0 Å². The molecule has 0 N–H and O–H groups in total. The molecule has 1 atom stereocenters. The van der Waals surface area contributed by atoms with Crippen LogP contribution in [-0.4, -0.2) is 0 Å². The molecule has 2 aliphatic rings. The zero-order valence-electron chi connectivity index (χ0n) is 58.6. The van der Waals surface area contributed by atoms with E-state index < -0.39 is 0 Å². The van der Waals surface area contributed by atoms with E-state index in [1.165, 1.54) is 107 Å². The first kappa shape index (κ1) is 72.3. The van der Waals surface area contributed by atoms with Gasteiger partial charge in [0.15, 0.2) is 0 Å². The van der Waals surface area contributed by atoms with E-state index in [2.05, 4.69) is 407 Å². The van der Waals surface area contributed by atoms with E-state index in [0.29, 0.717) is 33.0 Å². The standard InChI is InChI=1S/C20H18.C15H16.C13H18.C12H18.C11H16.C10H12.C10H14/c1-20(17-11-5-2-6-12-17,18-13-7-3-8-14-18)19-15-9-4-10-16-19;1-15(2,13-9-5-3-6-10-13)14-11-7-4-8-12-14;1-13(10-6-3-7-11-13)12-8-4-2-5-9-12;1-10(12(2,3)4)11-8-6-5-7-9-11;1-4-11(2,3)10-8-6-5-7-9-10;1-10(7-8-10)9-5-3-2-4-6-9;1-10(2,3)9-7-5-4-6-8-9/h2-16H,1H3;3-12H,1-2H3;2,4-5,8-9H,3,6-7,10-11H2,1H3;5-10H,1-4H3;5-9H,4H2,1-3H3;2-6H,7-8H2,1H3;4-8H,1-3H3. The third-order valence-electron chi connectivity index (χ3n) is 19.6. The topological polar surface area (TPSA) is 0 Å². The number of rotatable bonds is 10. The third-order valence-corrected chi connectivity index (χ3v) is 19.6. The fourth-order valence-electron chi connectivity index (χ4n) is 11.7. The lowest BCUT2D eigenvalue weighted by Crippen LogP contribution is -2.25. The molecular formula is C91H112. The zero-order chi connectivity index (χ0) is 65.9. The summed E-state index contributed by atoms with van der Waals surface area (Å²) >= 11 is 0. The molecule has 10 aromatic rings. The lowest BCUT2D eigenvalue weighted by Gasteiger charge is -2.34. The molecule has 0 radical (unpaired) electrons. The summed E-state index contributed by atoms with van der Waals surface area (Å²) in [6.45, 7) is 34.2. The van der Waals surface area contributed by atoms with E-state index in [9.17, 15) is 0 Å². The molecule has 2 fully saturated rings. The van der Waals surface area contributed by atoms with Gasteiger partial charge in [-0.05, 0) is 128 Å². The van der Waals surface area contributed by atoms with Crippen LogP contribution in [0.5, 0.6) is 0 Å². The van der Waals surface area contributed by atoms with Crippen LogP contribution in [0.1, 0.15) is 217 Å². The van der Waals surface area contributed by atoms with Crippen LogP contribution >= 0.6 is 0 Å². The van der Waals surface area contributed by atoms with Crippen molar-refractivity contribution in [3.63, 3.8) is 0 Å². The first-order chi connectivity index (χ1) is 43.4. The predicted molar refractivity (Wildman–Crippen MR) is 399 cm³/mol. The van der Waals surface area contributed by atoms with Crippen LogP contribution in [0.15, 0.2) is 303 Å². The molecule has 0 bridgehead atoms. The first-order valence-corrected chi connectivity index (χ1v) is 34.0. The van der Waals surface area contributed by atoms with Crippen molar-refractivity contribution in [2.75, 3.05) is 0 Å². The average molecular weight is 1210 g/mol. The number of hydrogen-bond acceptors (Lipinski definition) is 0. The summed E-state index contributed by atoms with van der Waals surface area (Å²) in [6.07, 6.45) is 10.9. The third kappa shape index (κ3) is 22.2. The van der Waals surface area contributed by atoms with Crippen LogP contribution in [0.4, 0.5) is 0 Å². The number of hydrogen-bond donors (Lipinski definition) is 0. The smallest absolute Gasteiger partial charge is 0.0423 e. The second-order valence-electron chi connectivity index (χ2n) is 29.2. The van der Waals surface area contributed by atoms with Gasteiger partial charge in [0.25, 0.3) is 0 Å². The molecule has 0 aromatic heterocycles. The highest BCUT2D eigenvalue weighted by Gasteiger charge is 2.38. The van der Waals surface area contributed by atoms with Gasteiger partial charge < -0.3 is 0 Å². The molecule has 12 rings (SSSR count). The summed E-state index contributed by atoms with van der Waals surface area (Å²) in [5, 5.41) is 0. The van der Waals surface area contributed by atoms with Crippen LogP contribution in [0, 0.1) is 5.41 Å². The van der Waals surface area contributed by atoms with Crippen LogP contribution in [0.25, 0.3) is 0 Å². The molecule has 1 unspecified atom stereocenters. The second kappa shape index (κ2) is 34.6. The molecule has 2 aliphatic carbocycles. The van der Waals surface area contributed by atoms with Crippen LogP contribution in [0.2, 0.25) is 0 Å². The molecule has 0 spiro atoms. The Bertz CT molecular complexity index is 3300. The Morgan fingerprint density at radius 3 is 0.813 bits per heavy atom. The van der Waals surface area contributed by atoms with E-state index in [0.717, 1.165) is 0 Å². The molecule has 476 valence electrons. The van der Waals surface area contributed by atoms with E-state index in [1.807, 2.05) is 0 Å². The highest BCUT2D eigenvalue weighted by Crippen LogP contribution is 2.47. The maximum absolute atomic E-state index is 2.42. The van der Waals surface area contributed by atoms with Gasteiger partial charge in [0.1, 0.15) is 0 Å². The fourth-order valence-corrected chi connectivity index (χ4v) is 11.7. The summed E-state index contributed by atoms with van der Waals surface area (Å²) in [6, 6.07) is 107. The maximum Gasteiger partial charge on any atom is 0.0423 e. The summed E-state index contributed by atoms with van der Waals surface area (Å²) < 4.78 is 0. The van der Waals surface area contributed by atoms with Crippen LogP contribution in [0.3, 0.4) is 0 Å². The molecular weight excluding hydrogens is 1090 g/mol. The first-order valence-electron chi connectivity index (χ1n) is 34.0. The maximum atomic E-state index is 2.42. The predicted octanol–water partition coefficient (Wildman–Crippen LogP) is 25.9. The zero-order valence-corrected chi connectivity index (χ0v) is 58.6. The van der Waals surface area contributed by atoms with Gasteiger partial charge >= 0.3 is 0 Å². The largest absolute Gasteiger partial charge is 0.0646 e. The molecule has 0 heterocycles. The normalized spacial score (nSPS) is 14.2. The lowest BCUT2D eigenvalue weighted by molar-refractivity contribution is 0.319. The molecule has 2 saturated carbocycles. The van der Waals surface area contributed by atoms with Gasteiger partial charge in [0, 0.05) is 10.8 Å². The Kier molecular flexibility index (Phi) is 27.5. The van der Waals surface area contributed by atoms with Crippen molar-refractivity contribution >= 4 is 0 Å². The van der Waals surface area contributed by atoms with Crippen molar-refractivity contribution in [1.29, 1.82) is 0 Å². The van der Waals surface area contributed by atoms with Crippen molar-refractivity contribution in [2.45, 2.75) is 194 Å². The molecule has 0 amide bonds. The highest BCUT2D eigenvalue weighted by molar-refractivity contribution is 5.49. The molecule has 0 saturated heterocycles. The van der Waals surface area contributed by atoms with Gasteiger partial charge in [-0.1, -0.05) is 420 Å². The Balaban J connectivity index is 0.000000171. The summed E-state index contributed by atoms with van der Waals surface area (Å²) in [7, 11) is 0. The van der Waals surface area contributed by atoms with E-state index in [-0.39, 0.29) is 10.8 Å². The van der Waals surface area contributed by atoms with E-state index >= 15 is 0 Å². The van der Waals surface area contributed by atoms with Gasteiger partial charge in [0.2, 0.25) is 0 Å². The quantitative estimate of drug-likeness (QED) is 0.120. The van der Waals surface area contributed by atoms with Crippen LogP contribution in [-0.2, 0) is 32.5 Å². The summed E-state index contributed by atoms with van der Waals surface area (Å²) in [4.78, 5) is 0. The average Bonchev–Trinajstić information content (AvgIpc) is 1.51. The fraction of sp³-hybridized carbons (Fsp3) is 0.341. The molecule has 91 heavy (non-hydrogen) atoms. The van der Waals surface area contributed by atoms with Gasteiger partial charge in [-0.2, -0.15) is 0 Å². The van der Waals surface area contributed by atoms with Gasteiger partial charge in [-0.3, -0.25) is 0 Å². The molecule has 0 heteroatoms. The minimum Gasteiger partial charge on any atom is -0.0646 e. The Hall–Kier alpha value is -7.80. The van der Waals surface area contributed by atoms with E-state index in [4.69, 9.17) is 0 Å². The SMILES string of the molecule is CC(C)(C)c1ccccc1.CC(C)(c1ccccc1)c1ccccc1.CC(c1ccccc1)(c1ccccc1)c1ccccc1.CC(c1ccccc1)C(C)(C)C.CC1(c2ccccc2)CC1.CC1(c2ccccc2)CCCCC1.CCC(C)(C)c1ccccc1. The van der Waals surface area contributed by atoms with Crippen molar-refractivity contribution in [3.05, 3.63) is 359 Å². The van der Waals surface area contributed by atoms with Gasteiger partial charge in [-0.15, -0.1) is 0 Å². The highest BCUT2D eigenvalue weighted by atomic mass is 14.4. The van der Waals surface area contributed by atoms with Crippen LogP contribution < -0.4 is 0 Å².